The van der Waals surface area contributed by atoms with Gasteiger partial charge in [-0.3, -0.25) is 4.79 Å². The van der Waals surface area contributed by atoms with Crippen molar-refractivity contribution in [3.63, 3.8) is 0 Å². The highest BCUT2D eigenvalue weighted by atomic mass is 35.5. The van der Waals surface area contributed by atoms with Gasteiger partial charge >= 0.3 is 0 Å². The van der Waals surface area contributed by atoms with Crippen molar-refractivity contribution < 1.29 is 18.8 Å². The Morgan fingerprint density at radius 1 is 1.50 bits per heavy atom. The number of nitrogens with one attached hydrogen (secondary N) is 1. The summed E-state index contributed by atoms with van der Waals surface area (Å²) in [6, 6.07) is 3.75. The summed E-state index contributed by atoms with van der Waals surface area (Å²) in [6.45, 7) is 0.603. The maximum absolute atomic E-state index is 13.4. The number of carbonyl (C=O) groups excluding carboxylic acids is 1. The van der Waals surface area contributed by atoms with E-state index in [1.165, 1.54) is 12.1 Å². The lowest BCUT2D eigenvalue weighted by molar-refractivity contribution is -0.186. The van der Waals surface area contributed by atoms with Crippen LogP contribution in [-0.2, 0) is 9.57 Å². The van der Waals surface area contributed by atoms with E-state index in [1.807, 2.05) is 0 Å². The number of ether oxygens (including phenoxy) is 1. The average molecular weight is 274 g/mol. The molecule has 1 atom stereocenters. The lowest BCUT2D eigenvalue weighted by atomic mass is 10.2. The molecule has 1 N–H and O–H groups in total. The zero-order valence-electron chi connectivity index (χ0n) is 9.62. The molecule has 1 saturated heterocycles. The largest absolute Gasteiger partial charge is 0.350 e. The molecular formula is C12H13ClFNO3. The first-order valence-electron chi connectivity index (χ1n) is 5.69. The maximum atomic E-state index is 13.4. The Kier molecular flexibility index (Phi) is 4.52. The molecule has 1 heterocycles. The van der Waals surface area contributed by atoms with E-state index in [2.05, 4.69) is 5.48 Å². The second-order valence-corrected chi connectivity index (χ2v) is 4.41. The van der Waals surface area contributed by atoms with Crippen LogP contribution in [-0.4, -0.2) is 18.8 Å². The Labute approximate surface area is 109 Å². The second kappa shape index (κ2) is 6.13. The van der Waals surface area contributed by atoms with Crippen molar-refractivity contribution in [3.8, 4) is 0 Å². The van der Waals surface area contributed by atoms with Crippen LogP contribution in [0.5, 0.6) is 0 Å². The zero-order chi connectivity index (χ0) is 13.0. The summed E-state index contributed by atoms with van der Waals surface area (Å²) in [5, 5.41) is 0.287. The molecule has 18 heavy (non-hydrogen) atoms. The number of hydroxylamine groups is 1. The normalized spacial score (nSPS) is 19.6. The number of rotatable bonds is 3. The third-order valence-electron chi connectivity index (χ3n) is 2.59. The van der Waals surface area contributed by atoms with Crippen LogP contribution >= 0.6 is 11.6 Å². The van der Waals surface area contributed by atoms with Gasteiger partial charge in [0.15, 0.2) is 6.29 Å². The average Bonchev–Trinajstić information content (AvgIpc) is 2.40. The topological polar surface area (TPSA) is 47.6 Å². The Bertz CT molecular complexity index is 435. The summed E-state index contributed by atoms with van der Waals surface area (Å²) in [4.78, 5) is 16.7. The molecular weight excluding hydrogens is 261 g/mol. The van der Waals surface area contributed by atoms with Gasteiger partial charge in [0.25, 0.3) is 5.91 Å². The summed E-state index contributed by atoms with van der Waals surface area (Å²) in [7, 11) is 0. The van der Waals surface area contributed by atoms with Gasteiger partial charge in [0.2, 0.25) is 0 Å². The van der Waals surface area contributed by atoms with Crippen LogP contribution < -0.4 is 5.48 Å². The molecule has 0 spiro atoms. The zero-order valence-corrected chi connectivity index (χ0v) is 10.4. The van der Waals surface area contributed by atoms with E-state index >= 15 is 0 Å². The minimum absolute atomic E-state index is 0.154. The summed E-state index contributed by atoms with van der Waals surface area (Å²) >= 11 is 5.70. The Morgan fingerprint density at radius 2 is 2.33 bits per heavy atom. The van der Waals surface area contributed by atoms with Crippen LogP contribution in [0.15, 0.2) is 18.2 Å². The standard InChI is InChI=1S/C12H13ClFNO3/c13-8-4-5-10(14)9(7-8)12(16)15-18-11-3-1-2-6-17-11/h4-5,7,11H,1-3,6H2,(H,15,16). The van der Waals surface area contributed by atoms with Crippen LogP contribution in [0.1, 0.15) is 29.6 Å². The van der Waals surface area contributed by atoms with Crippen molar-refractivity contribution in [1.82, 2.24) is 5.48 Å². The molecule has 1 aliphatic heterocycles. The van der Waals surface area contributed by atoms with Gasteiger partial charge in [-0.05, 0) is 31.0 Å². The minimum atomic E-state index is -0.677. The summed E-state index contributed by atoms with van der Waals surface area (Å²) in [5.74, 6) is -1.32. The second-order valence-electron chi connectivity index (χ2n) is 3.97. The van der Waals surface area contributed by atoms with Gasteiger partial charge in [0.05, 0.1) is 5.56 Å². The van der Waals surface area contributed by atoms with Crippen molar-refractivity contribution in [2.24, 2.45) is 0 Å². The fraction of sp³-hybridized carbons (Fsp3) is 0.417. The molecule has 0 aliphatic carbocycles. The van der Waals surface area contributed by atoms with Crippen LogP contribution in [0.25, 0.3) is 0 Å². The van der Waals surface area contributed by atoms with E-state index in [0.717, 1.165) is 18.9 Å². The molecule has 98 valence electrons. The monoisotopic (exact) mass is 273 g/mol. The lowest BCUT2D eigenvalue weighted by Crippen LogP contribution is -2.33. The van der Waals surface area contributed by atoms with E-state index in [0.29, 0.717) is 13.0 Å². The Balaban J connectivity index is 1.92. The molecule has 6 heteroatoms. The smallest absolute Gasteiger partial charge is 0.277 e. The molecule has 1 aromatic rings. The fourth-order valence-electron chi connectivity index (χ4n) is 1.65. The number of halogens is 2. The van der Waals surface area contributed by atoms with Crippen LogP contribution in [0.4, 0.5) is 4.39 Å². The van der Waals surface area contributed by atoms with Gasteiger partial charge in [0, 0.05) is 18.1 Å². The molecule has 4 nitrogen and oxygen atoms in total. The molecule has 0 bridgehead atoms. The number of hydrogen-bond donors (Lipinski definition) is 1. The highest BCUT2D eigenvalue weighted by Gasteiger charge is 2.18. The number of hydrogen-bond acceptors (Lipinski definition) is 3. The molecule has 2 rings (SSSR count). The predicted octanol–water partition coefficient (Wildman–Crippen LogP) is 2.67. The van der Waals surface area contributed by atoms with Crippen LogP contribution in [0.2, 0.25) is 5.02 Å². The third kappa shape index (κ3) is 3.41. The molecule has 1 fully saturated rings. The fourth-order valence-corrected chi connectivity index (χ4v) is 1.82. The highest BCUT2D eigenvalue weighted by molar-refractivity contribution is 6.30. The van der Waals surface area contributed by atoms with Gasteiger partial charge in [-0.15, -0.1) is 0 Å². The van der Waals surface area contributed by atoms with E-state index in [1.54, 1.807) is 0 Å². The summed E-state index contributed by atoms with van der Waals surface area (Å²) in [6.07, 6.45) is 2.20. The van der Waals surface area contributed by atoms with Crippen molar-refractivity contribution >= 4 is 17.5 Å². The lowest BCUT2D eigenvalue weighted by Gasteiger charge is -2.22. The molecule has 0 saturated carbocycles. The van der Waals surface area contributed by atoms with Crippen LogP contribution in [0, 0.1) is 5.82 Å². The first-order chi connectivity index (χ1) is 8.66. The highest BCUT2D eigenvalue weighted by Crippen LogP contribution is 2.16. The molecule has 1 aromatic carbocycles. The summed E-state index contributed by atoms with van der Waals surface area (Å²) < 4.78 is 18.6. The van der Waals surface area contributed by atoms with Crippen molar-refractivity contribution in [1.29, 1.82) is 0 Å². The first-order valence-corrected chi connectivity index (χ1v) is 6.07. The van der Waals surface area contributed by atoms with Crippen molar-refractivity contribution in [2.45, 2.75) is 25.6 Å². The summed E-state index contributed by atoms with van der Waals surface area (Å²) in [5.41, 5.74) is 2.02. The third-order valence-corrected chi connectivity index (χ3v) is 2.83. The molecule has 1 aliphatic rings. The predicted molar refractivity (Wildman–Crippen MR) is 63.6 cm³/mol. The Morgan fingerprint density at radius 3 is 3.06 bits per heavy atom. The van der Waals surface area contributed by atoms with E-state index in [9.17, 15) is 9.18 Å². The maximum Gasteiger partial charge on any atom is 0.277 e. The molecule has 0 radical (unpaired) electrons. The van der Waals surface area contributed by atoms with Gasteiger partial charge in [-0.25, -0.2) is 14.7 Å². The number of amides is 1. The van der Waals surface area contributed by atoms with Crippen LogP contribution in [0.3, 0.4) is 0 Å². The number of benzene rings is 1. The van der Waals surface area contributed by atoms with Crippen molar-refractivity contribution in [2.75, 3.05) is 6.61 Å². The van der Waals surface area contributed by atoms with E-state index in [-0.39, 0.29) is 10.6 Å². The van der Waals surface area contributed by atoms with Gasteiger partial charge < -0.3 is 4.74 Å². The minimum Gasteiger partial charge on any atom is -0.350 e. The van der Waals surface area contributed by atoms with Gasteiger partial charge in [0.1, 0.15) is 5.82 Å². The Hall–Kier alpha value is -1.17. The van der Waals surface area contributed by atoms with E-state index < -0.39 is 18.0 Å². The van der Waals surface area contributed by atoms with Gasteiger partial charge in [-0.2, -0.15) is 0 Å². The number of carbonyl (C=O) groups is 1. The van der Waals surface area contributed by atoms with E-state index in [4.69, 9.17) is 21.2 Å². The quantitative estimate of drug-likeness (QED) is 0.862. The molecule has 0 aromatic heterocycles. The first kappa shape index (κ1) is 13.3. The molecule has 1 unspecified atom stereocenters. The van der Waals surface area contributed by atoms with Crippen molar-refractivity contribution in [3.05, 3.63) is 34.6 Å². The molecule has 1 amide bonds. The SMILES string of the molecule is O=C(NOC1CCCCO1)c1cc(Cl)ccc1F. The van der Waals surface area contributed by atoms with Gasteiger partial charge in [-0.1, -0.05) is 11.6 Å².